The van der Waals surface area contributed by atoms with Crippen LogP contribution in [0.15, 0.2) is 12.2 Å². The fraction of sp³-hybridized carbons (Fsp3) is 0.333. The number of rotatable bonds is 1. The average Bonchev–Trinajstić information content (AvgIpc) is 1.69. The maximum atomic E-state index is 9.28. The third kappa shape index (κ3) is 59.2. The fourth-order valence-electron chi connectivity index (χ4n) is 0. The molecule has 0 amide bonds. The molecule has 50 valence electrons. The molecule has 0 aliphatic carbocycles. The summed E-state index contributed by atoms with van der Waals surface area (Å²) in [5.41, 5.74) is 5.19. The second kappa shape index (κ2) is 15.8. The Kier molecular flexibility index (Phi) is 28.4. The second-order valence-electron chi connectivity index (χ2n) is 1.17. The summed E-state index contributed by atoms with van der Waals surface area (Å²) in [7, 11) is 0. The Bertz CT molecular complexity index is 73.5. The standard InChI is InChI=1S/C4H5O.C2H6N.U/c1-4(2)3-5;1-2-3;/h1H2,2H3;1-3H2;/q2*-1;+2. The van der Waals surface area contributed by atoms with Crippen molar-refractivity contribution in [1.82, 2.24) is 0 Å². The summed E-state index contributed by atoms with van der Waals surface area (Å²) in [4.78, 5) is 9.28. The van der Waals surface area contributed by atoms with Gasteiger partial charge in [-0.05, 0) is 6.29 Å². The van der Waals surface area contributed by atoms with Crippen molar-refractivity contribution in [2.75, 3.05) is 6.54 Å². The second-order valence-corrected chi connectivity index (χ2v) is 1.17. The number of allylic oxidation sites excluding steroid dienone is 1. The molecule has 0 unspecified atom stereocenters. The largest absolute Gasteiger partial charge is 2.00 e. The van der Waals surface area contributed by atoms with Gasteiger partial charge < -0.3 is 17.5 Å². The molecule has 0 rings (SSSR count). The van der Waals surface area contributed by atoms with Crippen LogP contribution >= 0.6 is 0 Å². The van der Waals surface area contributed by atoms with Crippen molar-refractivity contribution in [1.29, 1.82) is 0 Å². The predicted molar refractivity (Wildman–Crippen MR) is 34.9 cm³/mol. The van der Waals surface area contributed by atoms with Crippen LogP contribution in [0.3, 0.4) is 0 Å². The molecule has 0 spiro atoms. The first-order valence-electron chi connectivity index (χ1n) is 2.22. The smallest absolute Gasteiger partial charge is 0.419 e. The first-order valence-corrected chi connectivity index (χ1v) is 2.22. The van der Waals surface area contributed by atoms with Gasteiger partial charge in [-0.25, -0.2) is 6.58 Å². The maximum absolute atomic E-state index is 9.28. The zero-order valence-electron chi connectivity index (χ0n) is 5.61. The Hall–Kier alpha value is 0.422. The summed E-state index contributed by atoms with van der Waals surface area (Å²) in [6.45, 7) is 8.62. The minimum absolute atomic E-state index is 0. The first-order chi connectivity index (χ1) is 3.68. The van der Waals surface area contributed by atoms with Crippen molar-refractivity contribution in [3.63, 3.8) is 0 Å². The molecule has 0 atom stereocenters. The summed E-state index contributed by atoms with van der Waals surface area (Å²) in [5.74, 6) is 0. The zero-order valence-corrected chi connectivity index (χ0v) is 9.77. The molecule has 3 heteroatoms. The van der Waals surface area contributed by atoms with Crippen LogP contribution in [0.4, 0.5) is 0 Å². The number of carbonyl (C=O) groups excluding carboxylic acids is 1. The topological polar surface area (TPSA) is 43.1 Å². The average molecular weight is 351 g/mol. The van der Waals surface area contributed by atoms with E-state index in [1.165, 1.54) is 0 Å². The van der Waals surface area contributed by atoms with E-state index in [-0.39, 0.29) is 31.1 Å². The molecule has 2 N–H and O–H groups in total. The molecule has 0 heterocycles. The Balaban J connectivity index is -0.0000000800. The van der Waals surface area contributed by atoms with E-state index in [1.54, 1.807) is 13.2 Å². The maximum Gasteiger partial charge on any atom is 2.00 e. The van der Waals surface area contributed by atoms with Gasteiger partial charge in [0, 0.05) is 0 Å². The molecule has 0 aromatic rings. The molecule has 0 saturated carbocycles. The van der Waals surface area contributed by atoms with Gasteiger partial charge in [-0.1, -0.05) is 6.92 Å². The van der Waals surface area contributed by atoms with Gasteiger partial charge >= 0.3 is 31.1 Å². The van der Waals surface area contributed by atoms with E-state index in [0.29, 0.717) is 12.1 Å². The van der Waals surface area contributed by atoms with Crippen molar-refractivity contribution >= 4 is 6.29 Å². The van der Waals surface area contributed by atoms with Crippen LogP contribution < -0.4 is 5.73 Å². The molecule has 0 saturated heterocycles. The van der Waals surface area contributed by atoms with Crippen LogP contribution in [0, 0.1) is 38.0 Å². The van der Waals surface area contributed by atoms with Crippen molar-refractivity contribution in [3.8, 4) is 0 Å². The van der Waals surface area contributed by atoms with E-state index >= 15 is 0 Å². The van der Waals surface area contributed by atoms with Gasteiger partial charge in [-0.2, -0.15) is 5.57 Å². The monoisotopic (exact) mass is 351 g/mol. The van der Waals surface area contributed by atoms with Crippen molar-refractivity contribution < 1.29 is 35.9 Å². The number of hydrogen-bond acceptors (Lipinski definition) is 2. The third-order valence-corrected chi connectivity index (χ3v) is 0.174. The van der Waals surface area contributed by atoms with Crippen LogP contribution in [-0.4, -0.2) is 12.8 Å². The molecule has 0 aliphatic rings. The summed E-state index contributed by atoms with van der Waals surface area (Å²) in [5, 5.41) is 0. The van der Waals surface area contributed by atoms with Gasteiger partial charge in [-0.3, -0.25) is 0 Å². The number of nitrogens with two attached hydrogens (primary N) is 1. The van der Waals surface area contributed by atoms with Gasteiger partial charge in [-0.15, -0.1) is 6.54 Å². The van der Waals surface area contributed by atoms with Gasteiger partial charge in [0.2, 0.25) is 0 Å². The van der Waals surface area contributed by atoms with Crippen LogP contribution in [-0.2, 0) is 4.79 Å². The van der Waals surface area contributed by atoms with Crippen molar-refractivity contribution in [2.45, 2.75) is 6.92 Å². The van der Waals surface area contributed by atoms with E-state index in [9.17, 15) is 4.79 Å². The molecular weight excluding hydrogens is 340 g/mol. The molecule has 2 nitrogen and oxygen atoms in total. The molecule has 0 aromatic carbocycles. The van der Waals surface area contributed by atoms with Gasteiger partial charge in [0.15, 0.2) is 0 Å². The van der Waals surface area contributed by atoms with E-state index in [0.717, 1.165) is 0 Å². The SMILES string of the molecule is C=C(C)[C-]=O.[CH2-]CN.[U+2]. The van der Waals surface area contributed by atoms with E-state index in [2.05, 4.69) is 13.5 Å². The van der Waals surface area contributed by atoms with Gasteiger partial charge in [0.05, 0.1) is 0 Å². The van der Waals surface area contributed by atoms with Crippen LogP contribution in [0.5, 0.6) is 0 Å². The fourth-order valence-corrected chi connectivity index (χ4v) is 0. The third-order valence-electron chi connectivity index (χ3n) is 0.174. The van der Waals surface area contributed by atoms with Crippen molar-refractivity contribution in [2.24, 2.45) is 5.73 Å². The Morgan fingerprint density at radius 2 is 2.00 bits per heavy atom. The minimum atomic E-state index is 0. The molecule has 9 heavy (non-hydrogen) atoms. The molecule has 0 fully saturated rings. The Morgan fingerprint density at radius 1 is 1.89 bits per heavy atom. The zero-order chi connectivity index (χ0) is 6.99. The van der Waals surface area contributed by atoms with Crippen molar-refractivity contribution in [3.05, 3.63) is 19.1 Å². The minimum Gasteiger partial charge on any atom is -0.419 e. The van der Waals surface area contributed by atoms with E-state index < -0.39 is 0 Å². The summed E-state index contributed by atoms with van der Waals surface area (Å²) < 4.78 is 0. The summed E-state index contributed by atoms with van der Waals surface area (Å²) in [6, 6.07) is 0. The molecule has 0 bridgehead atoms. The quantitative estimate of drug-likeness (QED) is 0.551. The molecule has 0 radical (unpaired) electrons. The van der Waals surface area contributed by atoms with E-state index in [1.807, 2.05) is 0 Å². The van der Waals surface area contributed by atoms with E-state index in [4.69, 9.17) is 5.73 Å². The summed E-state index contributed by atoms with van der Waals surface area (Å²) >= 11 is 0. The summed E-state index contributed by atoms with van der Waals surface area (Å²) in [6.07, 6.45) is 1.58. The van der Waals surface area contributed by atoms with Gasteiger partial charge in [0.1, 0.15) is 0 Å². The Morgan fingerprint density at radius 3 is 2.00 bits per heavy atom. The Labute approximate surface area is 80.3 Å². The van der Waals surface area contributed by atoms with Crippen LogP contribution in [0.25, 0.3) is 0 Å². The first kappa shape index (κ1) is 16.2. The van der Waals surface area contributed by atoms with Gasteiger partial charge in [0.25, 0.3) is 0 Å². The molecule has 0 aromatic heterocycles. The number of hydrogen-bond donors (Lipinski definition) is 1. The van der Waals surface area contributed by atoms with Crippen LogP contribution in [0.1, 0.15) is 6.92 Å². The molecule has 0 aliphatic heterocycles. The predicted octanol–water partition coefficient (Wildman–Crippen LogP) is 0.451. The normalized spacial score (nSPS) is 5.67. The molecular formula is C6H11NOU. The van der Waals surface area contributed by atoms with Crippen LogP contribution in [0.2, 0.25) is 0 Å².